The van der Waals surface area contributed by atoms with Gasteiger partial charge in [-0.1, -0.05) is 0 Å². The average molecular weight is 201 g/mol. The summed E-state index contributed by atoms with van der Waals surface area (Å²) in [5.41, 5.74) is 0. The molecule has 6 nitrogen and oxygen atoms in total. The van der Waals surface area contributed by atoms with Crippen LogP contribution in [0.2, 0.25) is 0 Å². The molecule has 0 bridgehead atoms. The summed E-state index contributed by atoms with van der Waals surface area (Å²) in [5.74, 6) is -2.86. The highest BCUT2D eigenvalue weighted by atomic mass is 16.4. The number of carbonyl (C=O) groups is 3. The number of nitrogens with zero attached hydrogens (tertiary/aromatic N) is 1. The molecular formula is C8H11NO5. The molecule has 0 aromatic heterocycles. The van der Waals surface area contributed by atoms with Crippen LogP contribution in [0.5, 0.6) is 0 Å². The van der Waals surface area contributed by atoms with E-state index in [0.717, 1.165) is 4.90 Å². The van der Waals surface area contributed by atoms with Crippen LogP contribution in [0, 0.1) is 5.92 Å². The number of piperidine rings is 1. The fraction of sp³-hybridized carbons (Fsp3) is 0.625. The van der Waals surface area contributed by atoms with Crippen LogP contribution < -0.4 is 0 Å². The Kier molecular flexibility index (Phi) is 2.73. The summed E-state index contributed by atoms with van der Waals surface area (Å²) in [6.45, 7) is 1.34. The van der Waals surface area contributed by atoms with E-state index in [0.29, 0.717) is 0 Å². The second-order valence-electron chi connectivity index (χ2n) is 3.35. The van der Waals surface area contributed by atoms with Crippen molar-refractivity contribution < 1.29 is 24.6 Å². The van der Waals surface area contributed by atoms with Crippen molar-refractivity contribution in [2.24, 2.45) is 5.92 Å². The molecule has 0 saturated carbocycles. The van der Waals surface area contributed by atoms with E-state index >= 15 is 0 Å². The molecule has 1 aliphatic heterocycles. The number of Topliss-reactive ketones (excluding diaryl/α,β-unsaturated/α-hetero) is 1. The summed E-state index contributed by atoms with van der Waals surface area (Å²) in [6.07, 6.45) is -1.21. The first-order valence-electron chi connectivity index (χ1n) is 4.18. The highest BCUT2D eigenvalue weighted by molar-refractivity contribution is 5.99. The molecule has 0 spiro atoms. The summed E-state index contributed by atoms with van der Waals surface area (Å²) in [7, 11) is 0. The van der Waals surface area contributed by atoms with E-state index in [-0.39, 0.29) is 13.0 Å². The third kappa shape index (κ3) is 1.84. The predicted molar refractivity (Wildman–Crippen MR) is 44.9 cm³/mol. The minimum atomic E-state index is -1.26. The molecule has 1 aliphatic rings. The molecule has 14 heavy (non-hydrogen) atoms. The molecule has 78 valence electrons. The number of hydrogen-bond donors (Lipinski definition) is 2. The van der Waals surface area contributed by atoms with Crippen LogP contribution >= 0.6 is 0 Å². The van der Waals surface area contributed by atoms with Gasteiger partial charge in [0.25, 0.3) is 0 Å². The lowest BCUT2D eigenvalue weighted by atomic mass is 9.92. The van der Waals surface area contributed by atoms with Crippen molar-refractivity contribution in [2.45, 2.75) is 19.4 Å². The smallest absolute Gasteiger partial charge is 0.407 e. The Labute approximate surface area is 80.1 Å². The molecule has 1 amide bonds. The van der Waals surface area contributed by atoms with Crippen LogP contribution in [-0.4, -0.2) is 45.5 Å². The van der Waals surface area contributed by atoms with Crippen molar-refractivity contribution in [1.82, 2.24) is 4.90 Å². The third-order valence-electron chi connectivity index (χ3n) is 2.34. The number of amides is 1. The van der Waals surface area contributed by atoms with E-state index in [1.807, 2.05) is 0 Å². The van der Waals surface area contributed by atoms with Gasteiger partial charge in [-0.05, 0) is 6.92 Å². The first-order chi connectivity index (χ1) is 6.43. The molecule has 1 saturated heterocycles. The molecular weight excluding hydrogens is 190 g/mol. The van der Waals surface area contributed by atoms with Crippen LogP contribution in [0.15, 0.2) is 0 Å². The Morgan fingerprint density at radius 1 is 1.43 bits per heavy atom. The normalized spacial score (nSPS) is 27.5. The molecule has 0 aromatic rings. The van der Waals surface area contributed by atoms with Gasteiger partial charge in [-0.2, -0.15) is 0 Å². The fourth-order valence-electron chi connectivity index (χ4n) is 1.50. The molecule has 2 N–H and O–H groups in total. The monoisotopic (exact) mass is 201 g/mol. The summed E-state index contributed by atoms with van der Waals surface area (Å²) in [4.78, 5) is 33.5. The lowest BCUT2D eigenvalue weighted by Gasteiger charge is -2.33. The number of carboxylic acids is 1. The third-order valence-corrected chi connectivity index (χ3v) is 2.34. The summed E-state index contributed by atoms with van der Waals surface area (Å²) in [5, 5.41) is 17.4. The number of likely N-dealkylation sites (tertiary alicyclic amines) is 1. The molecule has 1 rings (SSSR count). The zero-order chi connectivity index (χ0) is 10.9. The Bertz CT molecular complexity index is 287. The maximum atomic E-state index is 11.2. The van der Waals surface area contributed by atoms with E-state index in [9.17, 15) is 14.4 Å². The fourth-order valence-corrected chi connectivity index (χ4v) is 1.50. The predicted octanol–water partition coefficient (Wildman–Crippen LogP) is 0.0285. The average Bonchev–Trinajstić information content (AvgIpc) is 2.02. The first-order valence-corrected chi connectivity index (χ1v) is 4.18. The van der Waals surface area contributed by atoms with Crippen LogP contribution in [0.3, 0.4) is 0 Å². The van der Waals surface area contributed by atoms with Gasteiger partial charge in [-0.25, -0.2) is 4.79 Å². The van der Waals surface area contributed by atoms with E-state index in [4.69, 9.17) is 10.2 Å². The standard InChI is InChI=1S/C8H11NO5/c1-4-2-6(10)5(7(11)12)3-9(4)8(13)14/h4-5H,2-3H2,1H3,(H,11,12)(H,13,14). The minimum Gasteiger partial charge on any atom is -0.481 e. The van der Waals surface area contributed by atoms with Crippen LogP contribution in [0.4, 0.5) is 4.79 Å². The van der Waals surface area contributed by atoms with Crippen LogP contribution in [0.1, 0.15) is 13.3 Å². The summed E-state index contributed by atoms with van der Waals surface area (Å²) >= 11 is 0. The molecule has 6 heteroatoms. The van der Waals surface area contributed by atoms with Crippen molar-refractivity contribution in [3.63, 3.8) is 0 Å². The Balaban J connectivity index is 2.80. The summed E-state index contributed by atoms with van der Waals surface area (Å²) in [6, 6.07) is -0.435. The molecule has 2 atom stereocenters. The molecule has 2 unspecified atom stereocenters. The van der Waals surface area contributed by atoms with E-state index in [2.05, 4.69) is 0 Å². The van der Waals surface area contributed by atoms with Gasteiger partial charge >= 0.3 is 12.1 Å². The number of carboxylic acid groups (broad SMARTS) is 2. The maximum Gasteiger partial charge on any atom is 0.407 e. The number of rotatable bonds is 1. The van der Waals surface area contributed by atoms with Gasteiger partial charge in [0.1, 0.15) is 5.92 Å². The topological polar surface area (TPSA) is 94.9 Å². The second kappa shape index (κ2) is 3.65. The van der Waals surface area contributed by atoms with Crippen LogP contribution in [0.25, 0.3) is 0 Å². The maximum absolute atomic E-state index is 11.2. The van der Waals surface area contributed by atoms with Crippen molar-refractivity contribution in [1.29, 1.82) is 0 Å². The van der Waals surface area contributed by atoms with Crippen molar-refractivity contribution in [3.05, 3.63) is 0 Å². The van der Waals surface area contributed by atoms with Gasteiger partial charge in [-0.15, -0.1) is 0 Å². The number of ketones is 1. The summed E-state index contributed by atoms with van der Waals surface area (Å²) < 4.78 is 0. The van der Waals surface area contributed by atoms with Crippen LogP contribution in [-0.2, 0) is 9.59 Å². The lowest BCUT2D eigenvalue weighted by Crippen LogP contribution is -2.50. The van der Waals surface area contributed by atoms with E-state index < -0.39 is 29.8 Å². The Hall–Kier alpha value is -1.59. The molecule has 0 aromatic carbocycles. The highest BCUT2D eigenvalue weighted by Gasteiger charge is 2.38. The van der Waals surface area contributed by atoms with Gasteiger partial charge in [-0.3, -0.25) is 9.59 Å². The molecule has 1 heterocycles. The second-order valence-corrected chi connectivity index (χ2v) is 3.35. The largest absolute Gasteiger partial charge is 0.481 e. The van der Waals surface area contributed by atoms with Gasteiger partial charge in [0.05, 0.1) is 0 Å². The van der Waals surface area contributed by atoms with Crippen molar-refractivity contribution >= 4 is 17.8 Å². The van der Waals surface area contributed by atoms with Gasteiger partial charge in [0.2, 0.25) is 0 Å². The zero-order valence-electron chi connectivity index (χ0n) is 7.64. The number of aliphatic carboxylic acids is 1. The quantitative estimate of drug-likeness (QED) is 0.583. The van der Waals surface area contributed by atoms with Gasteiger partial charge in [0, 0.05) is 19.0 Å². The highest BCUT2D eigenvalue weighted by Crippen LogP contribution is 2.19. The van der Waals surface area contributed by atoms with Gasteiger partial charge in [0.15, 0.2) is 5.78 Å². The molecule has 0 radical (unpaired) electrons. The Morgan fingerprint density at radius 3 is 2.43 bits per heavy atom. The Morgan fingerprint density at radius 2 is 2.00 bits per heavy atom. The van der Waals surface area contributed by atoms with Gasteiger partial charge < -0.3 is 15.1 Å². The first kappa shape index (κ1) is 10.5. The van der Waals surface area contributed by atoms with Crippen molar-refractivity contribution in [2.75, 3.05) is 6.54 Å². The molecule has 0 aliphatic carbocycles. The van der Waals surface area contributed by atoms with E-state index in [1.165, 1.54) is 0 Å². The minimum absolute atomic E-state index is 0.0245. The van der Waals surface area contributed by atoms with Crippen molar-refractivity contribution in [3.8, 4) is 0 Å². The lowest BCUT2D eigenvalue weighted by molar-refractivity contribution is -0.149. The SMILES string of the molecule is CC1CC(=O)C(C(=O)O)CN1C(=O)O. The molecule has 1 fully saturated rings. The number of hydrogen-bond acceptors (Lipinski definition) is 3. The zero-order valence-corrected chi connectivity index (χ0v) is 7.64. The van der Waals surface area contributed by atoms with E-state index in [1.54, 1.807) is 6.92 Å². The number of carbonyl (C=O) groups excluding carboxylic acids is 1.